The lowest BCUT2D eigenvalue weighted by molar-refractivity contribution is -0.136. The Balaban J connectivity index is 2.03. The molecule has 2 aromatic rings. The van der Waals surface area contributed by atoms with Crippen LogP contribution in [0.5, 0.6) is 0 Å². The third-order valence-electron chi connectivity index (χ3n) is 7.37. The molecule has 1 N–H and O–H groups in total. The molecule has 0 fully saturated rings. The lowest BCUT2D eigenvalue weighted by Gasteiger charge is -2.40. The van der Waals surface area contributed by atoms with Crippen molar-refractivity contribution in [1.29, 1.82) is 0 Å². The zero-order valence-corrected chi connectivity index (χ0v) is 22.0. The first-order valence-corrected chi connectivity index (χ1v) is 13.2. The van der Waals surface area contributed by atoms with Crippen LogP contribution in [0.3, 0.4) is 0 Å². The molecule has 2 heterocycles. The number of anilines is 1. The summed E-state index contributed by atoms with van der Waals surface area (Å²) in [6.07, 6.45) is 10.3. The van der Waals surface area contributed by atoms with E-state index in [4.69, 9.17) is 11.6 Å². The molecule has 0 radical (unpaired) electrons. The standard InChI is InChI=1S/C27H33ClN2O2S/c1-15-19(7-8-23(31)32)24(18-9-11-27(4,5)12-10-18)16(2)25-21-14-29-22(28)13-20(21)17(3)30(33-6)26(15)25/h9,13-14,17H,7-8,10-12H2,1-6H3,(H,31,32). The van der Waals surface area contributed by atoms with Crippen molar-refractivity contribution in [1.82, 2.24) is 4.98 Å². The predicted molar refractivity (Wildman–Crippen MR) is 140 cm³/mol. The molecule has 0 bridgehead atoms. The zero-order chi connectivity index (χ0) is 24.1. The van der Waals surface area contributed by atoms with Gasteiger partial charge in [0.2, 0.25) is 0 Å². The second-order valence-electron chi connectivity index (χ2n) is 10.1. The molecule has 2 aliphatic rings. The van der Waals surface area contributed by atoms with Gasteiger partial charge in [-0.1, -0.05) is 43.5 Å². The van der Waals surface area contributed by atoms with Gasteiger partial charge in [-0.2, -0.15) is 0 Å². The molecule has 4 rings (SSSR count). The highest BCUT2D eigenvalue weighted by Crippen LogP contribution is 2.53. The number of carboxylic acids is 1. The van der Waals surface area contributed by atoms with Gasteiger partial charge in [-0.25, -0.2) is 4.98 Å². The van der Waals surface area contributed by atoms with Crippen LogP contribution in [0.4, 0.5) is 5.69 Å². The number of rotatable bonds is 5. The number of fused-ring (bicyclic) bond motifs is 3. The number of carbonyl (C=O) groups is 1. The maximum Gasteiger partial charge on any atom is 0.303 e. The lowest BCUT2D eigenvalue weighted by atomic mass is 9.73. The number of nitrogens with zero attached hydrogens (tertiary/aromatic N) is 2. The Morgan fingerprint density at radius 2 is 2.03 bits per heavy atom. The molecule has 1 aliphatic heterocycles. The molecule has 1 aromatic carbocycles. The summed E-state index contributed by atoms with van der Waals surface area (Å²) >= 11 is 8.01. The van der Waals surface area contributed by atoms with Crippen molar-refractivity contribution in [3.05, 3.63) is 51.3 Å². The molecular formula is C27H33ClN2O2S. The van der Waals surface area contributed by atoms with Gasteiger partial charge in [0.15, 0.2) is 0 Å². The van der Waals surface area contributed by atoms with Crippen LogP contribution in [-0.2, 0) is 11.2 Å². The number of allylic oxidation sites excluding steroid dienone is 2. The van der Waals surface area contributed by atoms with Crippen LogP contribution in [0, 0.1) is 19.3 Å². The molecule has 176 valence electrons. The summed E-state index contributed by atoms with van der Waals surface area (Å²) in [4.78, 5) is 16.0. The summed E-state index contributed by atoms with van der Waals surface area (Å²) in [5, 5.41) is 10.00. The van der Waals surface area contributed by atoms with Gasteiger partial charge in [-0.3, -0.25) is 4.79 Å². The predicted octanol–water partition coefficient (Wildman–Crippen LogP) is 7.79. The van der Waals surface area contributed by atoms with Crippen molar-refractivity contribution in [3.63, 3.8) is 0 Å². The SMILES string of the molecule is CSN1c2c(C)c(CCC(=O)O)c(C3=CCC(C)(C)CC3)c(C)c2-c2cnc(Cl)cc2C1C. The van der Waals surface area contributed by atoms with E-state index in [-0.39, 0.29) is 12.5 Å². The second-order valence-corrected chi connectivity index (χ2v) is 11.2. The number of aromatic nitrogens is 1. The van der Waals surface area contributed by atoms with Gasteiger partial charge in [0.05, 0.1) is 11.7 Å². The summed E-state index contributed by atoms with van der Waals surface area (Å²) in [7, 11) is 0. The molecule has 1 aliphatic carbocycles. The van der Waals surface area contributed by atoms with E-state index in [1.54, 1.807) is 11.9 Å². The van der Waals surface area contributed by atoms with Crippen molar-refractivity contribution in [2.24, 2.45) is 5.41 Å². The van der Waals surface area contributed by atoms with Gasteiger partial charge in [0, 0.05) is 30.0 Å². The number of hydrogen-bond donors (Lipinski definition) is 1. The fourth-order valence-corrected chi connectivity index (χ4v) is 6.51. The summed E-state index contributed by atoms with van der Waals surface area (Å²) in [5.74, 6) is -0.756. The van der Waals surface area contributed by atoms with Crippen LogP contribution in [0.2, 0.25) is 5.15 Å². The van der Waals surface area contributed by atoms with Gasteiger partial charge in [0.1, 0.15) is 5.15 Å². The summed E-state index contributed by atoms with van der Waals surface area (Å²) in [5.41, 5.74) is 11.2. The normalized spacial score (nSPS) is 19.1. The molecule has 33 heavy (non-hydrogen) atoms. The Bertz CT molecular complexity index is 1160. The molecular weight excluding hydrogens is 452 g/mol. The second kappa shape index (κ2) is 8.99. The van der Waals surface area contributed by atoms with Crippen LogP contribution in [0.15, 0.2) is 18.3 Å². The monoisotopic (exact) mass is 484 g/mol. The number of benzene rings is 1. The minimum atomic E-state index is -0.756. The van der Waals surface area contributed by atoms with Crippen molar-refractivity contribution >= 4 is 40.8 Å². The van der Waals surface area contributed by atoms with E-state index in [1.807, 2.05) is 12.3 Å². The first kappa shape index (κ1) is 24.2. The smallest absolute Gasteiger partial charge is 0.303 e. The quantitative estimate of drug-likeness (QED) is 0.346. The van der Waals surface area contributed by atoms with Gasteiger partial charge in [-0.05, 0) is 91.3 Å². The van der Waals surface area contributed by atoms with E-state index in [0.717, 1.165) is 24.8 Å². The van der Waals surface area contributed by atoms with E-state index in [0.29, 0.717) is 17.0 Å². The van der Waals surface area contributed by atoms with Crippen LogP contribution < -0.4 is 4.31 Å². The summed E-state index contributed by atoms with van der Waals surface area (Å²) in [6, 6.07) is 2.12. The first-order valence-electron chi connectivity index (χ1n) is 11.6. The van der Waals surface area contributed by atoms with E-state index < -0.39 is 5.97 Å². The van der Waals surface area contributed by atoms with Crippen LogP contribution >= 0.6 is 23.5 Å². The largest absolute Gasteiger partial charge is 0.481 e. The first-order chi connectivity index (χ1) is 15.6. The summed E-state index contributed by atoms with van der Waals surface area (Å²) < 4.78 is 2.35. The zero-order valence-electron chi connectivity index (χ0n) is 20.4. The molecule has 1 unspecified atom stereocenters. The molecule has 6 heteroatoms. The van der Waals surface area contributed by atoms with E-state index in [2.05, 4.69) is 56.2 Å². The van der Waals surface area contributed by atoms with Crippen LogP contribution in [0.1, 0.15) is 80.3 Å². The van der Waals surface area contributed by atoms with Crippen molar-refractivity contribution in [2.45, 2.75) is 72.8 Å². The third-order valence-corrected chi connectivity index (χ3v) is 8.47. The minimum absolute atomic E-state index is 0.132. The molecule has 0 saturated heterocycles. The fraction of sp³-hybridized carbons (Fsp3) is 0.481. The minimum Gasteiger partial charge on any atom is -0.481 e. The van der Waals surface area contributed by atoms with E-state index in [9.17, 15) is 9.90 Å². The highest BCUT2D eigenvalue weighted by Gasteiger charge is 2.35. The molecule has 0 amide bonds. The fourth-order valence-electron chi connectivity index (χ4n) is 5.50. The number of aliphatic carboxylic acids is 1. The molecule has 1 aromatic heterocycles. The maximum atomic E-state index is 11.5. The lowest BCUT2D eigenvalue weighted by Crippen LogP contribution is -2.26. The highest BCUT2D eigenvalue weighted by atomic mass is 35.5. The Hall–Kier alpha value is -1.98. The number of hydrogen-bond acceptors (Lipinski definition) is 4. The van der Waals surface area contributed by atoms with Gasteiger partial charge in [-0.15, -0.1) is 0 Å². The van der Waals surface area contributed by atoms with Crippen molar-refractivity contribution < 1.29 is 9.90 Å². The Labute approximate surface area is 206 Å². The van der Waals surface area contributed by atoms with Gasteiger partial charge >= 0.3 is 5.97 Å². The van der Waals surface area contributed by atoms with Gasteiger partial charge < -0.3 is 9.41 Å². The average molecular weight is 485 g/mol. The molecule has 0 spiro atoms. The van der Waals surface area contributed by atoms with E-state index >= 15 is 0 Å². The van der Waals surface area contributed by atoms with Crippen LogP contribution in [0.25, 0.3) is 16.7 Å². The number of pyridine rings is 1. The molecule has 4 nitrogen and oxygen atoms in total. The van der Waals surface area contributed by atoms with Crippen molar-refractivity contribution in [2.75, 3.05) is 10.6 Å². The maximum absolute atomic E-state index is 11.5. The Morgan fingerprint density at radius 1 is 1.30 bits per heavy atom. The highest BCUT2D eigenvalue weighted by molar-refractivity contribution is 8.00. The van der Waals surface area contributed by atoms with Crippen molar-refractivity contribution in [3.8, 4) is 11.1 Å². The van der Waals surface area contributed by atoms with Gasteiger partial charge in [0.25, 0.3) is 0 Å². The number of carboxylic acid groups (broad SMARTS) is 1. The molecule has 1 atom stereocenters. The summed E-state index contributed by atoms with van der Waals surface area (Å²) in [6.45, 7) is 11.2. The van der Waals surface area contributed by atoms with E-state index in [1.165, 1.54) is 44.6 Å². The third kappa shape index (κ3) is 4.30. The average Bonchev–Trinajstić information content (AvgIpc) is 2.75. The number of halogens is 1. The molecule has 0 saturated carbocycles. The topological polar surface area (TPSA) is 53.4 Å². The Kier molecular flexibility index (Phi) is 6.58. The van der Waals surface area contributed by atoms with Crippen LogP contribution in [-0.4, -0.2) is 22.3 Å². The Morgan fingerprint density at radius 3 is 2.64 bits per heavy atom.